The second kappa shape index (κ2) is 9.36. The van der Waals surface area contributed by atoms with Crippen molar-refractivity contribution in [1.82, 2.24) is 5.01 Å². The molecule has 3 nitrogen and oxygen atoms in total. The smallest absolute Gasteiger partial charge is 0.0946 e. The standard InChI is InChI=1S/C17H35N3/c1-14(2)10-7-6-8-13-20-16(5)17(18-19-20)12-9-11-15(3)4/h14-17H,6-13H2,1-5H3. The molecular formula is C17H35N3. The van der Waals surface area contributed by atoms with Gasteiger partial charge in [-0.1, -0.05) is 65.0 Å². The fourth-order valence-electron chi connectivity index (χ4n) is 2.79. The summed E-state index contributed by atoms with van der Waals surface area (Å²) in [6.45, 7) is 12.6. The van der Waals surface area contributed by atoms with Crippen molar-refractivity contribution < 1.29 is 0 Å². The van der Waals surface area contributed by atoms with Crippen LogP contribution in [0.5, 0.6) is 0 Å². The minimum absolute atomic E-state index is 0.435. The van der Waals surface area contributed by atoms with Crippen molar-refractivity contribution in [3.8, 4) is 0 Å². The van der Waals surface area contributed by atoms with E-state index in [1.54, 1.807) is 0 Å². The highest BCUT2D eigenvalue weighted by Crippen LogP contribution is 2.23. The zero-order chi connectivity index (χ0) is 15.0. The van der Waals surface area contributed by atoms with Crippen LogP contribution in [0.1, 0.15) is 79.6 Å². The molecular weight excluding hydrogens is 246 g/mol. The summed E-state index contributed by atoms with van der Waals surface area (Å²) in [5.41, 5.74) is 0. The minimum atomic E-state index is 0.435. The first-order valence-corrected chi connectivity index (χ1v) is 8.68. The zero-order valence-corrected chi connectivity index (χ0v) is 14.3. The van der Waals surface area contributed by atoms with Gasteiger partial charge in [0, 0.05) is 6.54 Å². The Morgan fingerprint density at radius 2 is 1.55 bits per heavy atom. The van der Waals surface area contributed by atoms with Gasteiger partial charge in [-0.2, -0.15) is 5.11 Å². The summed E-state index contributed by atoms with van der Waals surface area (Å²) in [6.07, 6.45) is 9.10. The molecule has 0 spiro atoms. The molecule has 0 amide bonds. The van der Waals surface area contributed by atoms with Gasteiger partial charge in [0.05, 0.1) is 12.1 Å². The van der Waals surface area contributed by atoms with E-state index in [0.717, 1.165) is 18.4 Å². The molecule has 1 rings (SSSR count). The molecule has 0 bridgehead atoms. The van der Waals surface area contributed by atoms with Crippen LogP contribution in [0, 0.1) is 11.8 Å². The highest BCUT2D eigenvalue weighted by molar-refractivity contribution is 4.82. The van der Waals surface area contributed by atoms with Gasteiger partial charge in [0.2, 0.25) is 0 Å². The molecule has 0 aromatic rings. The topological polar surface area (TPSA) is 28.0 Å². The predicted octanol–water partition coefficient (Wildman–Crippen LogP) is 5.47. The molecule has 1 heterocycles. The Hall–Kier alpha value is -0.600. The van der Waals surface area contributed by atoms with Crippen LogP contribution in [0.25, 0.3) is 0 Å². The number of hydrogen-bond donors (Lipinski definition) is 0. The van der Waals surface area contributed by atoms with E-state index in [4.69, 9.17) is 0 Å². The molecule has 0 N–H and O–H groups in total. The Kier molecular flexibility index (Phi) is 8.16. The number of hydrogen-bond acceptors (Lipinski definition) is 3. The average Bonchev–Trinajstić information content (AvgIpc) is 2.70. The summed E-state index contributed by atoms with van der Waals surface area (Å²) in [6, 6.07) is 0.941. The summed E-state index contributed by atoms with van der Waals surface area (Å²) < 4.78 is 0. The third-order valence-corrected chi connectivity index (χ3v) is 4.29. The fraction of sp³-hybridized carbons (Fsp3) is 1.00. The van der Waals surface area contributed by atoms with E-state index >= 15 is 0 Å². The first-order valence-electron chi connectivity index (χ1n) is 8.68. The van der Waals surface area contributed by atoms with Crippen molar-refractivity contribution in [2.24, 2.45) is 22.2 Å². The molecule has 0 aromatic carbocycles. The third kappa shape index (κ3) is 6.71. The Bertz CT molecular complexity index is 273. The van der Waals surface area contributed by atoms with E-state index in [9.17, 15) is 0 Å². The third-order valence-electron chi connectivity index (χ3n) is 4.29. The van der Waals surface area contributed by atoms with Gasteiger partial charge in [-0.15, -0.1) is 0 Å². The lowest BCUT2D eigenvalue weighted by atomic mass is 9.99. The molecule has 0 fully saturated rings. The quantitative estimate of drug-likeness (QED) is 0.488. The van der Waals surface area contributed by atoms with Crippen LogP contribution in [0.3, 0.4) is 0 Å². The first-order chi connectivity index (χ1) is 9.50. The average molecular weight is 281 g/mol. The van der Waals surface area contributed by atoms with E-state index < -0.39 is 0 Å². The molecule has 1 aliphatic heterocycles. The molecule has 1 aliphatic rings. The van der Waals surface area contributed by atoms with Crippen molar-refractivity contribution in [2.45, 2.75) is 91.6 Å². The van der Waals surface area contributed by atoms with Gasteiger partial charge in [0.1, 0.15) is 0 Å². The Labute approximate surface area is 126 Å². The lowest BCUT2D eigenvalue weighted by Crippen LogP contribution is -2.32. The van der Waals surface area contributed by atoms with Crippen molar-refractivity contribution in [1.29, 1.82) is 0 Å². The highest BCUT2D eigenvalue weighted by Gasteiger charge is 2.27. The van der Waals surface area contributed by atoms with Gasteiger partial charge >= 0.3 is 0 Å². The van der Waals surface area contributed by atoms with Gasteiger partial charge in [0.25, 0.3) is 0 Å². The maximum atomic E-state index is 4.47. The van der Waals surface area contributed by atoms with Gasteiger partial charge in [0.15, 0.2) is 0 Å². The van der Waals surface area contributed by atoms with Crippen LogP contribution < -0.4 is 0 Å². The van der Waals surface area contributed by atoms with Crippen LogP contribution in [0.4, 0.5) is 0 Å². The summed E-state index contributed by atoms with van der Waals surface area (Å²) >= 11 is 0. The van der Waals surface area contributed by atoms with Crippen molar-refractivity contribution in [2.75, 3.05) is 6.54 Å². The van der Waals surface area contributed by atoms with Crippen LogP contribution >= 0.6 is 0 Å². The molecule has 3 heteroatoms. The largest absolute Gasteiger partial charge is 0.274 e. The highest BCUT2D eigenvalue weighted by atomic mass is 15.6. The molecule has 2 atom stereocenters. The van der Waals surface area contributed by atoms with Crippen molar-refractivity contribution >= 4 is 0 Å². The lowest BCUT2D eigenvalue weighted by molar-refractivity contribution is 0.223. The van der Waals surface area contributed by atoms with Crippen molar-refractivity contribution in [3.05, 3.63) is 0 Å². The maximum Gasteiger partial charge on any atom is 0.0946 e. The number of rotatable bonds is 10. The maximum absolute atomic E-state index is 4.47. The summed E-state index contributed by atoms with van der Waals surface area (Å²) in [5, 5.41) is 11.1. The van der Waals surface area contributed by atoms with E-state index in [1.165, 1.54) is 44.9 Å². The van der Waals surface area contributed by atoms with Crippen LogP contribution in [0.2, 0.25) is 0 Å². The second-order valence-corrected chi connectivity index (χ2v) is 7.24. The van der Waals surface area contributed by atoms with Gasteiger partial charge in [-0.05, 0) is 31.6 Å². The van der Waals surface area contributed by atoms with Crippen molar-refractivity contribution in [3.63, 3.8) is 0 Å². The molecule has 20 heavy (non-hydrogen) atoms. The number of unbranched alkanes of at least 4 members (excludes halogenated alkanes) is 2. The van der Waals surface area contributed by atoms with E-state index in [2.05, 4.69) is 50.0 Å². The van der Waals surface area contributed by atoms with Gasteiger partial charge in [-0.3, -0.25) is 5.01 Å². The molecule has 2 unspecified atom stereocenters. The van der Waals surface area contributed by atoms with E-state index in [0.29, 0.717) is 12.1 Å². The monoisotopic (exact) mass is 281 g/mol. The van der Waals surface area contributed by atoms with Gasteiger partial charge in [-0.25, -0.2) is 0 Å². The Morgan fingerprint density at radius 3 is 2.20 bits per heavy atom. The molecule has 0 saturated heterocycles. The van der Waals surface area contributed by atoms with E-state index in [1.807, 2.05) is 0 Å². The van der Waals surface area contributed by atoms with Gasteiger partial charge < -0.3 is 0 Å². The molecule has 118 valence electrons. The Morgan fingerprint density at radius 1 is 0.900 bits per heavy atom. The molecule has 0 radical (unpaired) electrons. The Balaban J connectivity index is 2.12. The lowest BCUT2D eigenvalue weighted by Gasteiger charge is -2.22. The second-order valence-electron chi connectivity index (χ2n) is 7.24. The van der Waals surface area contributed by atoms with Crippen LogP contribution in [-0.2, 0) is 0 Å². The first kappa shape index (κ1) is 17.5. The summed E-state index contributed by atoms with van der Waals surface area (Å²) in [7, 11) is 0. The molecule has 0 aromatic heterocycles. The van der Waals surface area contributed by atoms with E-state index in [-0.39, 0.29) is 0 Å². The minimum Gasteiger partial charge on any atom is -0.274 e. The van der Waals surface area contributed by atoms with Crippen LogP contribution in [0.15, 0.2) is 10.3 Å². The number of nitrogens with zero attached hydrogens (tertiary/aromatic N) is 3. The summed E-state index contributed by atoms with van der Waals surface area (Å²) in [5.74, 6) is 1.64. The molecule has 0 saturated carbocycles. The predicted molar refractivity (Wildman–Crippen MR) is 86.8 cm³/mol. The fourth-order valence-corrected chi connectivity index (χ4v) is 2.79. The SMILES string of the molecule is CC(C)CCCCCN1N=NC(CCCC(C)C)C1C. The van der Waals surface area contributed by atoms with Crippen LogP contribution in [-0.4, -0.2) is 23.6 Å². The zero-order valence-electron chi connectivity index (χ0n) is 14.3. The molecule has 0 aliphatic carbocycles. The summed E-state index contributed by atoms with van der Waals surface area (Å²) in [4.78, 5) is 0. The normalized spacial score (nSPS) is 22.4.